The minimum absolute atomic E-state index is 0.0209. The average molecular weight is 196 g/mol. The molecule has 0 saturated carbocycles. The first-order valence-corrected chi connectivity index (χ1v) is 4.69. The van der Waals surface area contributed by atoms with Gasteiger partial charge in [0.15, 0.2) is 0 Å². The van der Waals surface area contributed by atoms with Gasteiger partial charge in [-0.25, -0.2) is 0 Å². The molecule has 3 nitrogen and oxygen atoms in total. The van der Waals surface area contributed by atoms with Crippen LogP contribution in [0.1, 0.15) is 30.1 Å². The zero-order valence-electron chi connectivity index (χ0n) is 8.22. The Morgan fingerprint density at radius 2 is 1.64 bits per heavy atom. The van der Waals surface area contributed by atoms with E-state index in [0.717, 1.165) is 5.56 Å². The highest BCUT2D eigenvalue weighted by molar-refractivity contribution is 5.31. The van der Waals surface area contributed by atoms with Crippen molar-refractivity contribution in [1.82, 2.24) is 0 Å². The molecule has 0 spiro atoms. The van der Waals surface area contributed by atoms with Crippen molar-refractivity contribution in [2.24, 2.45) is 0 Å². The van der Waals surface area contributed by atoms with E-state index < -0.39 is 6.10 Å². The van der Waals surface area contributed by atoms with Crippen LogP contribution in [0.3, 0.4) is 0 Å². The first-order chi connectivity index (χ1) is 6.70. The molecule has 0 fully saturated rings. The summed E-state index contributed by atoms with van der Waals surface area (Å²) >= 11 is 0. The summed E-state index contributed by atoms with van der Waals surface area (Å²) in [4.78, 5) is 0. The SMILES string of the molecule is CC(CO)c1ccccc1C(O)CO. The number of rotatable bonds is 4. The summed E-state index contributed by atoms with van der Waals surface area (Å²) < 4.78 is 0. The predicted octanol–water partition coefficient (Wildman–Crippen LogP) is 0.808. The lowest BCUT2D eigenvalue weighted by molar-refractivity contribution is 0.0943. The van der Waals surface area contributed by atoms with Crippen molar-refractivity contribution in [1.29, 1.82) is 0 Å². The fourth-order valence-corrected chi connectivity index (χ4v) is 1.46. The highest BCUT2D eigenvalue weighted by Crippen LogP contribution is 2.24. The van der Waals surface area contributed by atoms with Crippen LogP contribution in [0.4, 0.5) is 0 Å². The van der Waals surface area contributed by atoms with E-state index in [-0.39, 0.29) is 19.1 Å². The van der Waals surface area contributed by atoms with Gasteiger partial charge in [-0.2, -0.15) is 0 Å². The fourth-order valence-electron chi connectivity index (χ4n) is 1.46. The van der Waals surface area contributed by atoms with E-state index in [1.807, 2.05) is 25.1 Å². The molecule has 1 rings (SSSR count). The van der Waals surface area contributed by atoms with Gasteiger partial charge in [0.05, 0.1) is 6.61 Å². The van der Waals surface area contributed by atoms with Gasteiger partial charge in [-0.15, -0.1) is 0 Å². The first-order valence-electron chi connectivity index (χ1n) is 4.69. The molecule has 0 radical (unpaired) electrons. The molecule has 0 heterocycles. The van der Waals surface area contributed by atoms with Crippen LogP contribution in [0.15, 0.2) is 24.3 Å². The second-order valence-corrected chi connectivity index (χ2v) is 3.41. The predicted molar refractivity (Wildman–Crippen MR) is 54.0 cm³/mol. The van der Waals surface area contributed by atoms with Gasteiger partial charge in [-0.05, 0) is 11.1 Å². The van der Waals surface area contributed by atoms with E-state index in [9.17, 15) is 5.11 Å². The third-order valence-corrected chi connectivity index (χ3v) is 2.33. The Bertz CT molecular complexity index is 257. The molecule has 3 heteroatoms. The van der Waals surface area contributed by atoms with Gasteiger partial charge < -0.3 is 15.3 Å². The summed E-state index contributed by atoms with van der Waals surface area (Å²) in [6.07, 6.45) is -0.861. The Balaban J connectivity index is 3.02. The molecular formula is C11H16O3. The van der Waals surface area contributed by atoms with Crippen LogP contribution < -0.4 is 0 Å². The van der Waals surface area contributed by atoms with Crippen molar-refractivity contribution in [2.75, 3.05) is 13.2 Å². The molecule has 1 aromatic rings. The first kappa shape index (κ1) is 11.2. The summed E-state index contributed by atoms with van der Waals surface area (Å²) in [5.74, 6) is -0.0209. The molecule has 0 aromatic heterocycles. The summed E-state index contributed by atoms with van der Waals surface area (Å²) in [5.41, 5.74) is 1.58. The number of hydrogen-bond acceptors (Lipinski definition) is 3. The van der Waals surface area contributed by atoms with Crippen LogP contribution in [-0.4, -0.2) is 28.5 Å². The van der Waals surface area contributed by atoms with Gasteiger partial charge in [-0.3, -0.25) is 0 Å². The fraction of sp³-hybridized carbons (Fsp3) is 0.455. The van der Waals surface area contributed by atoms with Gasteiger partial charge in [0.2, 0.25) is 0 Å². The van der Waals surface area contributed by atoms with E-state index >= 15 is 0 Å². The maximum atomic E-state index is 9.52. The molecule has 0 saturated heterocycles. The third kappa shape index (κ3) is 2.32. The molecule has 0 aliphatic rings. The van der Waals surface area contributed by atoms with E-state index in [4.69, 9.17) is 10.2 Å². The lowest BCUT2D eigenvalue weighted by atomic mass is 9.93. The molecule has 14 heavy (non-hydrogen) atoms. The highest BCUT2D eigenvalue weighted by atomic mass is 16.3. The standard InChI is InChI=1S/C11H16O3/c1-8(6-12)9-4-2-3-5-10(9)11(14)7-13/h2-5,8,11-14H,6-7H2,1H3. The largest absolute Gasteiger partial charge is 0.396 e. The zero-order valence-corrected chi connectivity index (χ0v) is 8.22. The molecule has 78 valence electrons. The number of benzene rings is 1. The monoisotopic (exact) mass is 196 g/mol. The lowest BCUT2D eigenvalue weighted by Crippen LogP contribution is -2.09. The van der Waals surface area contributed by atoms with Crippen molar-refractivity contribution in [2.45, 2.75) is 18.9 Å². The molecular weight excluding hydrogens is 180 g/mol. The van der Waals surface area contributed by atoms with Gasteiger partial charge in [0.1, 0.15) is 6.10 Å². The molecule has 0 aliphatic carbocycles. The van der Waals surface area contributed by atoms with Gasteiger partial charge in [-0.1, -0.05) is 31.2 Å². The minimum Gasteiger partial charge on any atom is -0.396 e. The number of aliphatic hydroxyl groups excluding tert-OH is 3. The summed E-state index contributed by atoms with van der Waals surface area (Å²) in [6.45, 7) is 1.62. The average Bonchev–Trinajstić information content (AvgIpc) is 2.27. The Hall–Kier alpha value is -0.900. The maximum Gasteiger partial charge on any atom is 0.102 e. The Morgan fingerprint density at radius 3 is 2.14 bits per heavy atom. The number of aliphatic hydroxyl groups is 3. The molecule has 0 amide bonds. The maximum absolute atomic E-state index is 9.52. The summed E-state index contributed by atoms with van der Waals surface area (Å²) in [5, 5.41) is 27.4. The molecule has 0 aliphatic heterocycles. The van der Waals surface area contributed by atoms with E-state index in [1.165, 1.54) is 0 Å². The van der Waals surface area contributed by atoms with Gasteiger partial charge in [0.25, 0.3) is 0 Å². The molecule has 1 aromatic carbocycles. The molecule has 0 bridgehead atoms. The van der Waals surface area contributed by atoms with Crippen molar-refractivity contribution in [3.05, 3.63) is 35.4 Å². The van der Waals surface area contributed by atoms with E-state index in [2.05, 4.69) is 0 Å². The van der Waals surface area contributed by atoms with Crippen molar-refractivity contribution in [3.8, 4) is 0 Å². The lowest BCUT2D eigenvalue weighted by Gasteiger charge is -2.17. The normalized spacial score (nSPS) is 15.1. The third-order valence-electron chi connectivity index (χ3n) is 2.33. The smallest absolute Gasteiger partial charge is 0.102 e. The Kier molecular flexibility index (Phi) is 4.07. The highest BCUT2D eigenvalue weighted by Gasteiger charge is 2.14. The molecule has 2 atom stereocenters. The second kappa shape index (κ2) is 5.10. The second-order valence-electron chi connectivity index (χ2n) is 3.41. The van der Waals surface area contributed by atoms with Crippen molar-refractivity contribution < 1.29 is 15.3 Å². The van der Waals surface area contributed by atoms with Crippen LogP contribution >= 0.6 is 0 Å². The van der Waals surface area contributed by atoms with Gasteiger partial charge in [0, 0.05) is 12.5 Å². The van der Waals surface area contributed by atoms with Crippen LogP contribution in [0.2, 0.25) is 0 Å². The zero-order chi connectivity index (χ0) is 10.6. The Labute approximate surface area is 83.6 Å². The van der Waals surface area contributed by atoms with E-state index in [1.54, 1.807) is 6.07 Å². The molecule has 2 unspecified atom stereocenters. The van der Waals surface area contributed by atoms with Crippen LogP contribution in [-0.2, 0) is 0 Å². The Morgan fingerprint density at radius 1 is 1.07 bits per heavy atom. The van der Waals surface area contributed by atoms with E-state index in [0.29, 0.717) is 5.56 Å². The number of hydrogen-bond donors (Lipinski definition) is 3. The summed E-state index contributed by atoms with van der Waals surface area (Å²) in [7, 11) is 0. The summed E-state index contributed by atoms with van der Waals surface area (Å²) in [6, 6.07) is 7.29. The van der Waals surface area contributed by atoms with Crippen LogP contribution in [0, 0.1) is 0 Å². The van der Waals surface area contributed by atoms with Crippen LogP contribution in [0.5, 0.6) is 0 Å². The van der Waals surface area contributed by atoms with Crippen LogP contribution in [0.25, 0.3) is 0 Å². The van der Waals surface area contributed by atoms with Gasteiger partial charge >= 0.3 is 0 Å². The quantitative estimate of drug-likeness (QED) is 0.667. The van der Waals surface area contributed by atoms with Crippen molar-refractivity contribution in [3.63, 3.8) is 0 Å². The minimum atomic E-state index is -0.861. The topological polar surface area (TPSA) is 60.7 Å². The van der Waals surface area contributed by atoms with Crippen molar-refractivity contribution >= 4 is 0 Å². The molecule has 3 N–H and O–H groups in total.